The summed E-state index contributed by atoms with van der Waals surface area (Å²) < 4.78 is 5.13. The van der Waals surface area contributed by atoms with Crippen molar-refractivity contribution in [1.29, 1.82) is 0 Å². The Kier molecular flexibility index (Phi) is 6.63. The van der Waals surface area contributed by atoms with Gasteiger partial charge in [-0.2, -0.15) is 0 Å². The smallest absolute Gasteiger partial charge is 0.242 e. The fraction of sp³-hybridized carbons (Fsp3) is 0.500. The molecule has 106 valence electrons. The summed E-state index contributed by atoms with van der Waals surface area (Å²) in [4.78, 5) is 13.8. The van der Waals surface area contributed by atoms with Crippen LogP contribution in [0.2, 0.25) is 5.02 Å². The van der Waals surface area contributed by atoms with Crippen molar-refractivity contribution in [3.63, 3.8) is 0 Å². The van der Waals surface area contributed by atoms with Crippen LogP contribution in [0.4, 0.5) is 5.69 Å². The van der Waals surface area contributed by atoms with Gasteiger partial charge in [0.15, 0.2) is 0 Å². The molecule has 1 aromatic carbocycles. The van der Waals surface area contributed by atoms with E-state index in [9.17, 15) is 4.79 Å². The monoisotopic (exact) mass is 303 g/mol. The number of rotatable bonds is 6. The number of benzene rings is 1. The lowest BCUT2D eigenvalue weighted by Crippen LogP contribution is -2.42. The Bertz CT molecular complexity index is 437. The van der Waals surface area contributed by atoms with Crippen molar-refractivity contribution < 1.29 is 9.53 Å². The zero-order chi connectivity index (χ0) is 14.4. The second-order valence-corrected chi connectivity index (χ2v) is 4.98. The molecule has 1 unspecified atom stereocenters. The predicted molar refractivity (Wildman–Crippen MR) is 80.4 cm³/mol. The highest BCUT2D eigenvalue weighted by Gasteiger charge is 2.25. The maximum atomic E-state index is 12.1. The molecule has 1 amide bonds. The Morgan fingerprint density at radius 2 is 2.16 bits per heavy atom. The summed E-state index contributed by atoms with van der Waals surface area (Å²) in [5.41, 5.74) is 1.76. The van der Waals surface area contributed by atoms with Crippen LogP contribution in [-0.4, -0.2) is 31.5 Å². The topological polar surface area (TPSA) is 29.5 Å². The van der Waals surface area contributed by atoms with Gasteiger partial charge in [-0.15, -0.1) is 11.6 Å². The zero-order valence-electron chi connectivity index (χ0n) is 11.5. The molecule has 0 spiro atoms. The highest BCUT2D eigenvalue weighted by Crippen LogP contribution is 2.32. The number of amides is 1. The molecule has 0 fully saturated rings. The van der Waals surface area contributed by atoms with Gasteiger partial charge in [0, 0.05) is 7.11 Å². The molecule has 1 aromatic rings. The number of nitrogens with zero attached hydrogens (tertiary/aromatic N) is 1. The largest absolute Gasteiger partial charge is 0.383 e. The molecule has 0 aromatic heterocycles. The molecule has 0 aliphatic rings. The lowest BCUT2D eigenvalue weighted by Gasteiger charge is -2.31. The highest BCUT2D eigenvalue weighted by molar-refractivity contribution is 6.35. The van der Waals surface area contributed by atoms with Crippen molar-refractivity contribution >= 4 is 34.8 Å². The van der Waals surface area contributed by atoms with Gasteiger partial charge < -0.3 is 9.64 Å². The standard InChI is InChI=1S/C14H19Cl2NO2/c1-4-11-6-5-7-12(16)14(11)17(13(18)8-15)10(2)9-19-3/h5-7,10H,4,8-9H2,1-3H3. The normalized spacial score (nSPS) is 12.3. The molecule has 1 atom stereocenters. The number of ether oxygens (including phenoxy) is 1. The number of anilines is 1. The molecule has 0 saturated heterocycles. The first-order chi connectivity index (χ1) is 9.06. The van der Waals surface area contributed by atoms with Gasteiger partial charge in [-0.05, 0) is 25.0 Å². The summed E-state index contributed by atoms with van der Waals surface area (Å²) in [5.74, 6) is -0.253. The summed E-state index contributed by atoms with van der Waals surface area (Å²) in [6.45, 7) is 4.37. The fourth-order valence-corrected chi connectivity index (χ4v) is 2.50. The van der Waals surface area contributed by atoms with E-state index in [1.165, 1.54) is 0 Å². The molecular weight excluding hydrogens is 285 g/mol. The third-order valence-corrected chi connectivity index (χ3v) is 3.46. The van der Waals surface area contributed by atoms with Gasteiger partial charge in [0.2, 0.25) is 5.91 Å². The van der Waals surface area contributed by atoms with Crippen LogP contribution in [0.15, 0.2) is 18.2 Å². The van der Waals surface area contributed by atoms with Crippen LogP contribution in [0, 0.1) is 0 Å². The fourth-order valence-electron chi connectivity index (χ4n) is 2.09. The second-order valence-electron chi connectivity index (χ2n) is 4.30. The van der Waals surface area contributed by atoms with Gasteiger partial charge in [-0.25, -0.2) is 0 Å². The van der Waals surface area contributed by atoms with Crippen molar-refractivity contribution in [3.05, 3.63) is 28.8 Å². The van der Waals surface area contributed by atoms with Gasteiger partial charge >= 0.3 is 0 Å². The van der Waals surface area contributed by atoms with Gasteiger partial charge in [0.05, 0.1) is 23.4 Å². The van der Waals surface area contributed by atoms with E-state index in [0.29, 0.717) is 11.6 Å². The van der Waals surface area contributed by atoms with Crippen LogP contribution in [0.3, 0.4) is 0 Å². The number of methoxy groups -OCH3 is 1. The Balaban J connectivity index is 3.28. The number of hydrogen-bond acceptors (Lipinski definition) is 2. The first-order valence-corrected chi connectivity index (χ1v) is 7.12. The van der Waals surface area contributed by atoms with E-state index in [4.69, 9.17) is 27.9 Å². The average Bonchev–Trinajstić information content (AvgIpc) is 2.40. The lowest BCUT2D eigenvalue weighted by atomic mass is 10.1. The van der Waals surface area contributed by atoms with E-state index in [-0.39, 0.29) is 17.8 Å². The number of para-hydroxylation sites is 1. The maximum Gasteiger partial charge on any atom is 0.242 e. The first kappa shape index (κ1) is 16.3. The minimum Gasteiger partial charge on any atom is -0.383 e. The molecule has 0 heterocycles. The van der Waals surface area contributed by atoms with Crippen molar-refractivity contribution in [2.45, 2.75) is 26.3 Å². The molecular formula is C14H19Cl2NO2. The number of alkyl halides is 1. The van der Waals surface area contributed by atoms with E-state index >= 15 is 0 Å². The molecule has 0 saturated carbocycles. The number of halogens is 2. The zero-order valence-corrected chi connectivity index (χ0v) is 13.0. The molecule has 0 aliphatic heterocycles. The highest BCUT2D eigenvalue weighted by atomic mass is 35.5. The van der Waals surface area contributed by atoms with Crippen LogP contribution in [0.25, 0.3) is 0 Å². The van der Waals surface area contributed by atoms with E-state index in [2.05, 4.69) is 0 Å². The van der Waals surface area contributed by atoms with Crippen LogP contribution < -0.4 is 4.90 Å². The van der Waals surface area contributed by atoms with Crippen LogP contribution in [0.5, 0.6) is 0 Å². The summed E-state index contributed by atoms with van der Waals surface area (Å²) in [6, 6.07) is 5.51. The Labute approximate surface area is 124 Å². The van der Waals surface area contributed by atoms with Gasteiger partial charge in [0.25, 0.3) is 0 Å². The van der Waals surface area contributed by atoms with Crippen LogP contribution >= 0.6 is 23.2 Å². The number of carbonyl (C=O) groups is 1. The SMILES string of the molecule is CCc1cccc(Cl)c1N(C(=O)CCl)C(C)COC. The van der Waals surface area contributed by atoms with Crippen LogP contribution in [0.1, 0.15) is 19.4 Å². The Morgan fingerprint density at radius 3 is 2.68 bits per heavy atom. The summed E-state index contributed by atoms with van der Waals surface area (Å²) in [6.07, 6.45) is 0.793. The molecule has 3 nitrogen and oxygen atoms in total. The number of carbonyl (C=O) groups excluding carboxylic acids is 1. The second kappa shape index (κ2) is 7.73. The van der Waals surface area contributed by atoms with Gasteiger partial charge in [0.1, 0.15) is 5.88 Å². The summed E-state index contributed by atoms with van der Waals surface area (Å²) >= 11 is 12.0. The van der Waals surface area contributed by atoms with Gasteiger partial charge in [-0.3, -0.25) is 4.79 Å². The predicted octanol–water partition coefficient (Wildman–Crippen LogP) is 3.51. The number of aryl methyl sites for hydroxylation is 1. The molecule has 1 rings (SSSR count). The molecule has 5 heteroatoms. The van der Waals surface area contributed by atoms with E-state index in [1.54, 1.807) is 18.1 Å². The minimum atomic E-state index is -0.172. The molecule has 0 aliphatic carbocycles. The Hall–Kier alpha value is -0.770. The molecule has 19 heavy (non-hydrogen) atoms. The lowest BCUT2D eigenvalue weighted by molar-refractivity contribution is -0.116. The third-order valence-electron chi connectivity index (χ3n) is 2.92. The average molecular weight is 304 g/mol. The third kappa shape index (κ3) is 3.85. The van der Waals surface area contributed by atoms with E-state index in [1.807, 2.05) is 26.0 Å². The van der Waals surface area contributed by atoms with Crippen LogP contribution in [-0.2, 0) is 16.0 Å². The molecule has 0 radical (unpaired) electrons. The van der Waals surface area contributed by atoms with Gasteiger partial charge in [-0.1, -0.05) is 30.7 Å². The van der Waals surface area contributed by atoms with Crippen molar-refractivity contribution in [2.24, 2.45) is 0 Å². The minimum absolute atomic E-state index is 0.0809. The summed E-state index contributed by atoms with van der Waals surface area (Å²) in [5, 5.41) is 0.556. The molecule has 0 N–H and O–H groups in total. The summed E-state index contributed by atoms with van der Waals surface area (Å²) in [7, 11) is 1.60. The van der Waals surface area contributed by atoms with Crippen molar-refractivity contribution in [2.75, 3.05) is 24.5 Å². The van der Waals surface area contributed by atoms with E-state index < -0.39 is 0 Å². The quantitative estimate of drug-likeness (QED) is 0.753. The Morgan fingerprint density at radius 1 is 1.47 bits per heavy atom. The van der Waals surface area contributed by atoms with Crippen molar-refractivity contribution in [1.82, 2.24) is 0 Å². The number of hydrogen-bond donors (Lipinski definition) is 0. The maximum absolute atomic E-state index is 12.1. The van der Waals surface area contributed by atoms with E-state index in [0.717, 1.165) is 17.7 Å². The molecule has 0 bridgehead atoms. The van der Waals surface area contributed by atoms with Crippen molar-refractivity contribution in [3.8, 4) is 0 Å². The first-order valence-electron chi connectivity index (χ1n) is 6.21.